The van der Waals surface area contributed by atoms with Crippen LogP contribution >= 0.6 is 11.3 Å². The highest BCUT2D eigenvalue weighted by Crippen LogP contribution is 2.21. The smallest absolute Gasteiger partial charge is 0.356 e. The van der Waals surface area contributed by atoms with Gasteiger partial charge in [0.15, 0.2) is 5.96 Å². The summed E-state index contributed by atoms with van der Waals surface area (Å²) in [4.78, 5) is 6.89. The molecule has 0 aliphatic carbocycles. The molecular weight excluding hydrogens is 325 g/mol. The molecule has 1 saturated heterocycles. The van der Waals surface area contributed by atoms with Crippen LogP contribution in [0, 0.1) is 0 Å². The van der Waals surface area contributed by atoms with Crippen molar-refractivity contribution in [3.63, 3.8) is 0 Å². The molecule has 1 aliphatic rings. The average molecular weight is 348 g/mol. The van der Waals surface area contributed by atoms with Gasteiger partial charge in [-0.3, -0.25) is 9.89 Å². The van der Waals surface area contributed by atoms with Crippen LogP contribution in [0.1, 0.15) is 24.1 Å². The number of halogens is 3. The molecule has 130 valence electrons. The number of aliphatic imine (C=N–C) groups is 1. The van der Waals surface area contributed by atoms with Crippen molar-refractivity contribution in [1.29, 1.82) is 0 Å². The van der Waals surface area contributed by atoms with E-state index in [2.05, 4.69) is 28.6 Å². The Hall–Kier alpha value is -1.28. The van der Waals surface area contributed by atoms with Crippen LogP contribution in [-0.2, 0) is 0 Å². The second kappa shape index (κ2) is 8.01. The lowest BCUT2D eigenvalue weighted by Gasteiger charge is -2.20. The van der Waals surface area contributed by atoms with Crippen molar-refractivity contribution < 1.29 is 13.2 Å². The molecule has 0 amide bonds. The lowest BCUT2D eigenvalue weighted by Crippen LogP contribution is -2.46. The van der Waals surface area contributed by atoms with Gasteiger partial charge in [0.25, 0.3) is 0 Å². The summed E-state index contributed by atoms with van der Waals surface area (Å²) in [5, 5.41) is 8.52. The zero-order valence-electron chi connectivity index (χ0n) is 13.4. The van der Waals surface area contributed by atoms with Gasteiger partial charge in [-0.15, -0.1) is 11.3 Å². The summed E-state index contributed by atoms with van der Waals surface area (Å²) in [5.74, 6) is 1.01. The van der Waals surface area contributed by atoms with Crippen molar-refractivity contribution in [2.75, 3.05) is 33.2 Å². The molecule has 0 saturated carbocycles. The van der Waals surface area contributed by atoms with Gasteiger partial charge in [0, 0.05) is 43.5 Å². The van der Waals surface area contributed by atoms with E-state index in [0.717, 1.165) is 6.54 Å². The van der Waals surface area contributed by atoms with E-state index in [4.69, 9.17) is 0 Å². The van der Waals surface area contributed by atoms with Crippen molar-refractivity contribution >= 4 is 17.3 Å². The predicted octanol–water partition coefficient (Wildman–Crippen LogP) is 2.65. The van der Waals surface area contributed by atoms with Gasteiger partial charge < -0.3 is 10.6 Å². The second-order valence-electron chi connectivity index (χ2n) is 5.85. The molecule has 2 atom stereocenters. The van der Waals surface area contributed by atoms with E-state index in [0.29, 0.717) is 31.4 Å². The number of nitrogens with one attached hydrogen (secondary N) is 2. The van der Waals surface area contributed by atoms with Crippen molar-refractivity contribution in [1.82, 2.24) is 15.5 Å². The number of rotatable bonds is 5. The molecule has 1 aliphatic heterocycles. The Kier molecular flexibility index (Phi) is 6.29. The molecule has 4 nitrogen and oxygen atoms in total. The van der Waals surface area contributed by atoms with E-state index < -0.39 is 12.7 Å². The molecule has 1 aromatic rings. The Morgan fingerprint density at radius 2 is 2.30 bits per heavy atom. The van der Waals surface area contributed by atoms with E-state index in [1.54, 1.807) is 18.4 Å². The van der Waals surface area contributed by atoms with Gasteiger partial charge >= 0.3 is 6.18 Å². The summed E-state index contributed by atoms with van der Waals surface area (Å²) < 4.78 is 37.2. The average Bonchev–Trinajstić information content (AvgIpc) is 3.13. The zero-order valence-corrected chi connectivity index (χ0v) is 14.2. The highest BCUT2D eigenvalue weighted by Gasteiger charge is 2.34. The quantitative estimate of drug-likeness (QED) is 0.635. The Balaban J connectivity index is 1.75. The minimum absolute atomic E-state index is 0.000550. The van der Waals surface area contributed by atoms with Crippen molar-refractivity contribution in [3.8, 4) is 0 Å². The van der Waals surface area contributed by atoms with E-state index >= 15 is 0 Å². The van der Waals surface area contributed by atoms with Crippen LogP contribution < -0.4 is 10.6 Å². The molecule has 8 heteroatoms. The topological polar surface area (TPSA) is 39.7 Å². The van der Waals surface area contributed by atoms with Crippen LogP contribution in [0.3, 0.4) is 0 Å². The number of guanidine groups is 1. The number of hydrogen-bond donors (Lipinski definition) is 2. The van der Waals surface area contributed by atoms with Crippen molar-refractivity contribution in [2.45, 2.75) is 31.5 Å². The molecule has 0 bridgehead atoms. The number of alkyl halides is 3. The van der Waals surface area contributed by atoms with E-state index in [1.165, 1.54) is 9.78 Å². The molecule has 0 spiro atoms. The number of hydrogen-bond acceptors (Lipinski definition) is 3. The van der Waals surface area contributed by atoms with Gasteiger partial charge in [0.05, 0.1) is 6.54 Å². The molecule has 2 N–H and O–H groups in total. The minimum atomic E-state index is -4.13. The van der Waals surface area contributed by atoms with Gasteiger partial charge in [-0.05, 0) is 17.9 Å². The highest BCUT2D eigenvalue weighted by molar-refractivity contribution is 7.10. The maximum Gasteiger partial charge on any atom is 0.401 e. The first-order valence-corrected chi connectivity index (χ1v) is 8.55. The molecule has 1 fully saturated rings. The van der Waals surface area contributed by atoms with Crippen LogP contribution in [0.15, 0.2) is 22.5 Å². The molecule has 2 unspecified atom stereocenters. The first kappa shape index (κ1) is 18.1. The monoisotopic (exact) mass is 348 g/mol. The van der Waals surface area contributed by atoms with Gasteiger partial charge in [-0.1, -0.05) is 13.0 Å². The van der Waals surface area contributed by atoms with Crippen molar-refractivity contribution in [2.24, 2.45) is 4.99 Å². The third-order valence-corrected chi connectivity index (χ3v) is 4.95. The molecule has 1 aromatic heterocycles. The zero-order chi connectivity index (χ0) is 16.9. The van der Waals surface area contributed by atoms with Gasteiger partial charge in [0.1, 0.15) is 0 Å². The molecular formula is C15H23F3N4S. The Morgan fingerprint density at radius 1 is 1.52 bits per heavy atom. The fourth-order valence-electron chi connectivity index (χ4n) is 2.66. The summed E-state index contributed by atoms with van der Waals surface area (Å²) in [6.45, 7) is 2.87. The van der Waals surface area contributed by atoms with Gasteiger partial charge in [-0.2, -0.15) is 13.2 Å². The minimum Gasteiger partial charge on any atom is -0.356 e. The molecule has 2 heterocycles. The summed E-state index contributed by atoms with van der Waals surface area (Å²) in [7, 11) is 1.67. The third kappa shape index (κ3) is 6.02. The Bertz CT molecular complexity index is 501. The summed E-state index contributed by atoms with van der Waals surface area (Å²) in [6.07, 6.45) is -3.44. The molecule has 23 heavy (non-hydrogen) atoms. The largest absolute Gasteiger partial charge is 0.401 e. The predicted molar refractivity (Wildman–Crippen MR) is 88.1 cm³/mol. The van der Waals surface area contributed by atoms with Crippen LogP contribution in [0.2, 0.25) is 0 Å². The lowest BCUT2D eigenvalue weighted by atomic mass is 10.1. The van der Waals surface area contributed by atoms with E-state index in [1.807, 2.05) is 11.4 Å². The lowest BCUT2D eigenvalue weighted by molar-refractivity contribution is -0.143. The molecule has 0 radical (unpaired) electrons. The normalized spacial score (nSPS) is 21.4. The Labute approximate surface area is 138 Å². The fourth-order valence-corrected chi connectivity index (χ4v) is 3.44. The van der Waals surface area contributed by atoms with Gasteiger partial charge in [-0.25, -0.2) is 0 Å². The maximum absolute atomic E-state index is 12.4. The highest BCUT2D eigenvalue weighted by atomic mass is 32.1. The summed E-state index contributed by atoms with van der Waals surface area (Å²) in [5.41, 5.74) is 0. The van der Waals surface area contributed by atoms with E-state index in [-0.39, 0.29) is 6.04 Å². The van der Waals surface area contributed by atoms with Crippen molar-refractivity contribution in [3.05, 3.63) is 22.4 Å². The second-order valence-corrected chi connectivity index (χ2v) is 6.83. The standard InChI is InChI=1S/C15H23F3N4S/c1-11(13-4-3-7-23-13)8-20-14(19-2)21-12-5-6-22(9-12)10-15(16,17)18/h3-4,7,11-12H,5-6,8-10H2,1-2H3,(H2,19,20,21). The van der Waals surface area contributed by atoms with Crippen LogP contribution in [0.5, 0.6) is 0 Å². The molecule has 2 rings (SSSR count). The number of likely N-dealkylation sites (tertiary alicyclic amines) is 1. The number of thiophene rings is 1. The first-order chi connectivity index (χ1) is 10.9. The van der Waals surface area contributed by atoms with Crippen LogP contribution in [-0.4, -0.2) is 56.3 Å². The first-order valence-electron chi connectivity index (χ1n) is 7.67. The van der Waals surface area contributed by atoms with Crippen LogP contribution in [0.25, 0.3) is 0 Å². The summed E-state index contributed by atoms with van der Waals surface area (Å²) >= 11 is 1.72. The van der Waals surface area contributed by atoms with E-state index in [9.17, 15) is 13.2 Å². The maximum atomic E-state index is 12.4. The molecule has 0 aromatic carbocycles. The Morgan fingerprint density at radius 3 is 2.91 bits per heavy atom. The number of nitrogens with zero attached hydrogens (tertiary/aromatic N) is 2. The fraction of sp³-hybridized carbons (Fsp3) is 0.667. The third-order valence-electron chi connectivity index (χ3n) is 3.84. The van der Waals surface area contributed by atoms with Crippen LogP contribution in [0.4, 0.5) is 13.2 Å². The van der Waals surface area contributed by atoms with Gasteiger partial charge in [0.2, 0.25) is 0 Å². The summed E-state index contributed by atoms with van der Waals surface area (Å²) in [6, 6.07) is 4.12. The SMILES string of the molecule is CN=C(NCC(C)c1cccs1)NC1CCN(CC(F)(F)F)C1.